The number of halogens is 3. The smallest absolute Gasteiger partial charge is 0.348 e. The predicted molar refractivity (Wildman–Crippen MR) is 107 cm³/mol. The van der Waals surface area contributed by atoms with Crippen molar-refractivity contribution < 1.29 is 13.2 Å². The number of alkyl halides is 3. The molecule has 0 saturated heterocycles. The van der Waals surface area contributed by atoms with E-state index in [4.69, 9.17) is 12.2 Å². The molecule has 0 bridgehead atoms. The summed E-state index contributed by atoms with van der Waals surface area (Å²) >= 11 is 5.60. The molecule has 3 aromatic rings. The average Bonchev–Trinajstić information content (AvgIpc) is 3.16. The number of anilines is 1. The van der Waals surface area contributed by atoms with Crippen LogP contribution in [0.2, 0.25) is 0 Å². The molecule has 144 valence electrons. The minimum Gasteiger partial charge on any atom is -0.348 e. The van der Waals surface area contributed by atoms with Gasteiger partial charge in [-0.1, -0.05) is 36.4 Å². The number of nitrogens with zero attached hydrogens (tertiary/aromatic N) is 2. The lowest BCUT2D eigenvalue weighted by molar-refractivity contribution is -0.137. The van der Waals surface area contributed by atoms with Gasteiger partial charge in [-0.3, -0.25) is 0 Å². The normalized spacial score (nSPS) is 16.5. The zero-order valence-corrected chi connectivity index (χ0v) is 15.7. The van der Waals surface area contributed by atoms with E-state index < -0.39 is 11.7 Å². The van der Waals surface area contributed by atoms with Crippen LogP contribution in [0.5, 0.6) is 0 Å². The molecule has 3 nitrogen and oxygen atoms in total. The zero-order valence-electron chi connectivity index (χ0n) is 14.9. The van der Waals surface area contributed by atoms with Gasteiger partial charge in [-0.2, -0.15) is 13.2 Å². The third-order valence-electron chi connectivity index (χ3n) is 4.86. The van der Waals surface area contributed by atoms with Gasteiger partial charge in [0, 0.05) is 30.7 Å². The molecule has 0 saturated carbocycles. The summed E-state index contributed by atoms with van der Waals surface area (Å²) in [6, 6.07) is 19.0. The predicted octanol–water partition coefficient (Wildman–Crippen LogP) is 5.31. The van der Waals surface area contributed by atoms with Crippen LogP contribution < -0.4 is 5.32 Å². The summed E-state index contributed by atoms with van der Waals surface area (Å²) in [5.41, 5.74) is 1.81. The maximum Gasteiger partial charge on any atom is 0.416 e. The Labute approximate surface area is 166 Å². The number of benzene rings is 2. The fourth-order valence-electron chi connectivity index (χ4n) is 3.56. The van der Waals surface area contributed by atoms with Gasteiger partial charge in [0.25, 0.3) is 0 Å². The zero-order chi connectivity index (χ0) is 19.7. The molecule has 0 unspecified atom stereocenters. The van der Waals surface area contributed by atoms with Crippen molar-refractivity contribution in [1.82, 2.24) is 9.47 Å². The van der Waals surface area contributed by atoms with Crippen LogP contribution in [0.15, 0.2) is 72.9 Å². The van der Waals surface area contributed by atoms with Gasteiger partial charge in [0.15, 0.2) is 5.11 Å². The number of thiocarbonyl (C=S) groups is 1. The fraction of sp³-hybridized carbons (Fsp3) is 0.190. The van der Waals surface area contributed by atoms with E-state index in [0.717, 1.165) is 29.9 Å². The average molecular weight is 401 g/mol. The summed E-state index contributed by atoms with van der Waals surface area (Å²) in [5, 5.41) is 3.40. The van der Waals surface area contributed by atoms with Crippen LogP contribution in [0.25, 0.3) is 0 Å². The van der Waals surface area contributed by atoms with Crippen molar-refractivity contribution in [1.29, 1.82) is 0 Å². The first-order chi connectivity index (χ1) is 13.4. The number of aromatic nitrogens is 1. The molecule has 0 amide bonds. The lowest BCUT2D eigenvalue weighted by Crippen LogP contribution is -2.44. The summed E-state index contributed by atoms with van der Waals surface area (Å²) in [7, 11) is 0. The van der Waals surface area contributed by atoms with Gasteiger partial charge < -0.3 is 14.8 Å². The topological polar surface area (TPSA) is 20.2 Å². The Bertz CT molecular complexity index is 982. The molecule has 7 heteroatoms. The maximum absolute atomic E-state index is 13.0. The third kappa shape index (κ3) is 3.62. The Balaban J connectivity index is 1.63. The summed E-state index contributed by atoms with van der Waals surface area (Å²) in [4.78, 5) is 2.03. The van der Waals surface area contributed by atoms with Gasteiger partial charge in [0.1, 0.15) is 0 Å². The monoisotopic (exact) mass is 401 g/mol. The van der Waals surface area contributed by atoms with E-state index in [1.54, 1.807) is 6.07 Å². The minimum absolute atomic E-state index is 0.101. The fourth-order valence-corrected chi connectivity index (χ4v) is 3.87. The van der Waals surface area contributed by atoms with E-state index >= 15 is 0 Å². The molecule has 4 rings (SSSR count). The van der Waals surface area contributed by atoms with Crippen LogP contribution in [0.1, 0.15) is 22.9 Å². The van der Waals surface area contributed by atoms with E-state index in [1.807, 2.05) is 47.5 Å². The molecule has 0 fully saturated rings. The second-order valence-corrected chi connectivity index (χ2v) is 7.03. The van der Waals surface area contributed by atoms with E-state index in [1.165, 1.54) is 6.07 Å². The molecule has 1 atom stereocenters. The molecule has 2 heterocycles. The van der Waals surface area contributed by atoms with Crippen LogP contribution in [0.3, 0.4) is 0 Å². The SMILES string of the molecule is FC(F)(F)c1cccc(NC(=S)N2CCn3cccc3[C@H]2c2ccccc2)c1. The van der Waals surface area contributed by atoms with Crippen molar-refractivity contribution in [2.75, 3.05) is 11.9 Å². The highest BCUT2D eigenvalue weighted by Crippen LogP contribution is 2.34. The Morgan fingerprint density at radius 1 is 0.964 bits per heavy atom. The molecule has 2 aromatic carbocycles. The molecular formula is C21H18F3N3S. The Kier molecular flexibility index (Phi) is 4.85. The van der Waals surface area contributed by atoms with Crippen LogP contribution in [-0.4, -0.2) is 21.1 Å². The van der Waals surface area contributed by atoms with Gasteiger partial charge in [-0.05, 0) is 48.1 Å². The molecule has 1 N–H and O–H groups in total. The van der Waals surface area contributed by atoms with Crippen LogP contribution >= 0.6 is 12.2 Å². The number of hydrogen-bond acceptors (Lipinski definition) is 1. The van der Waals surface area contributed by atoms with Crippen molar-refractivity contribution in [3.8, 4) is 0 Å². The van der Waals surface area contributed by atoms with Gasteiger partial charge in [-0.15, -0.1) is 0 Å². The van der Waals surface area contributed by atoms with Gasteiger partial charge in [0.2, 0.25) is 0 Å². The van der Waals surface area contributed by atoms with Crippen molar-refractivity contribution >= 4 is 23.0 Å². The van der Waals surface area contributed by atoms with Crippen molar-refractivity contribution in [2.45, 2.75) is 18.8 Å². The summed E-state index contributed by atoms with van der Waals surface area (Å²) < 4.78 is 41.2. The van der Waals surface area contributed by atoms with E-state index in [0.29, 0.717) is 17.3 Å². The first-order valence-electron chi connectivity index (χ1n) is 8.88. The molecule has 28 heavy (non-hydrogen) atoms. The molecule has 0 spiro atoms. The Morgan fingerprint density at radius 2 is 1.75 bits per heavy atom. The first-order valence-corrected chi connectivity index (χ1v) is 9.29. The highest BCUT2D eigenvalue weighted by molar-refractivity contribution is 7.80. The largest absolute Gasteiger partial charge is 0.416 e. The summed E-state index contributed by atoms with van der Waals surface area (Å²) in [5.74, 6) is 0. The maximum atomic E-state index is 13.0. The van der Waals surface area contributed by atoms with E-state index in [9.17, 15) is 13.2 Å². The minimum atomic E-state index is -4.39. The molecule has 1 aliphatic rings. The third-order valence-corrected chi connectivity index (χ3v) is 5.19. The quantitative estimate of drug-likeness (QED) is 0.588. The van der Waals surface area contributed by atoms with Gasteiger partial charge in [0.05, 0.1) is 11.6 Å². The Morgan fingerprint density at radius 3 is 2.50 bits per heavy atom. The number of hydrogen-bond donors (Lipinski definition) is 1. The van der Waals surface area contributed by atoms with Crippen molar-refractivity contribution in [2.24, 2.45) is 0 Å². The van der Waals surface area contributed by atoms with E-state index in [2.05, 4.69) is 16.0 Å². The second-order valence-electron chi connectivity index (χ2n) is 6.64. The van der Waals surface area contributed by atoms with Crippen molar-refractivity contribution in [3.63, 3.8) is 0 Å². The number of nitrogens with one attached hydrogen (secondary N) is 1. The lowest BCUT2D eigenvalue weighted by Gasteiger charge is -2.39. The van der Waals surface area contributed by atoms with Crippen molar-refractivity contribution in [3.05, 3.63) is 89.7 Å². The van der Waals surface area contributed by atoms with Crippen LogP contribution in [-0.2, 0) is 12.7 Å². The summed E-state index contributed by atoms with van der Waals surface area (Å²) in [6.45, 7) is 1.42. The number of rotatable bonds is 2. The standard InChI is InChI=1S/C21H18F3N3S/c22-21(23,24)16-8-4-9-17(14-16)25-20(28)27-13-12-26-11-5-10-18(26)19(27)15-6-2-1-3-7-15/h1-11,14,19H,12-13H2,(H,25,28)/t19-/m1/s1. The number of fused-ring (bicyclic) bond motifs is 1. The molecule has 1 aliphatic heterocycles. The highest BCUT2D eigenvalue weighted by atomic mass is 32.1. The van der Waals surface area contributed by atoms with Crippen LogP contribution in [0.4, 0.5) is 18.9 Å². The molecular weight excluding hydrogens is 383 g/mol. The highest BCUT2D eigenvalue weighted by Gasteiger charge is 2.32. The second kappa shape index (κ2) is 7.31. The van der Waals surface area contributed by atoms with Crippen LogP contribution in [0, 0.1) is 0 Å². The first kappa shape index (κ1) is 18.6. The molecule has 0 aliphatic carbocycles. The van der Waals surface area contributed by atoms with Gasteiger partial charge in [-0.25, -0.2) is 0 Å². The summed E-state index contributed by atoms with van der Waals surface area (Å²) in [6.07, 6.45) is -2.36. The van der Waals surface area contributed by atoms with Gasteiger partial charge >= 0.3 is 6.18 Å². The molecule has 1 aromatic heterocycles. The van der Waals surface area contributed by atoms with E-state index in [-0.39, 0.29) is 6.04 Å². The Hall–Kier alpha value is -2.80. The molecule has 0 radical (unpaired) electrons. The lowest BCUT2D eigenvalue weighted by atomic mass is 10.0.